The van der Waals surface area contributed by atoms with Gasteiger partial charge in [-0.3, -0.25) is 4.79 Å². The zero-order chi connectivity index (χ0) is 20.8. The van der Waals surface area contributed by atoms with E-state index in [9.17, 15) is 9.59 Å². The molecule has 0 fully saturated rings. The predicted octanol–water partition coefficient (Wildman–Crippen LogP) is 4.12. The average molecular weight is 389 g/mol. The number of hydrogen-bond donors (Lipinski definition) is 0. The zero-order valence-corrected chi connectivity index (χ0v) is 16.6. The van der Waals surface area contributed by atoms with Gasteiger partial charge in [0.25, 0.3) is 5.91 Å². The summed E-state index contributed by atoms with van der Waals surface area (Å²) in [6.07, 6.45) is 3.32. The number of carbonyl (C=O) groups is 2. The van der Waals surface area contributed by atoms with E-state index in [1.54, 1.807) is 19.1 Å². The summed E-state index contributed by atoms with van der Waals surface area (Å²) in [5.41, 5.74) is 3.03. The van der Waals surface area contributed by atoms with Crippen LogP contribution in [0.3, 0.4) is 0 Å². The number of rotatable bonds is 7. The van der Waals surface area contributed by atoms with Crippen LogP contribution in [0.25, 0.3) is 6.08 Å². The van der Waals surface area contributed by atoms with Gasteiger partial charge in [-0.15, -0.1) is 6.58 Å². The predicted molar refractivity (Wildman–Crippen MR) is 112 cm³/mol. The molecule has 0 radical (unpaired) electrons. The van der Waals surface area contributed by atoms with Crippen molar-refractivity contribution >= 4 is 18.0 Å². The van der Waals surface area contributed by atoms with Gasteiger partial charge in [0.2, 0.25) is 0 Å². The molecule has 1 aliphatic rings. The number of hydrogen-bond acceptors (Lipinski definition) is 4. The van der Waals surface area contributed by atoms with Crippen LogP contribution in [0, 0.1) is 0 Å². The Morgan fingerprint density at radius 1 is 1.10 bits per heavy atom. The summed E-state index contributed by atoms with van der Waals surface area (Å²) in [5, 5.41) is 0. The zero-order valence-electron chi connectivity index (χ0n) is 16.6. The molecular formula is C24H23NO4. The van der Waals surface area contributed by atoms with Crippen LogP contribution in [-0.2, 0) is 20.9 Å². The van der Waals surface area contributed by atoms with Gasteiger partial charge in [0, 0.05) is 12.2 Å². The van der Waals surface area contributed by atoms with Crippen molar-refractivity contribution in [3.05, 3.63) is 95.2 Å². The lowest BCUT2D eigenvalue weighted by atomic mass is 10.0. The first-order valence-corrected chi connectivity index (χ1v) is 9.26. The van der Waals surface area contributed by atoms with Crippen LogP contribution in [0.2, 0.25) is 0 Å². The SMILES string of the molecule is C=CCN1C(=O)/C(=C\c2ccc(OCc3ccccc3)cc2)C(C(=O)OC)=C1C. The molecule has 0 spiro atoms. The Morgan fingerprint density at radius 2 is 1.79 bits per heavy atom. The molecular weight excluding hydrogens is 366 g/mol. The average Bonchev–Trinajstić information content (AvgIpc) is 2.98. The molecule has 29 heavy (non-hydrogen) atoms. The Bertz CT molecular complexity index is 972. The molecule has 0 saturated heterocycles. The third kappa shape index (κ3) is 4.46. The molecule has 0 saturated carbocycles. The van der Waals surface area contributed by atoms with Gasteiger partial charge >= 0.3 is 5.97 Å². The van der Waals surface area contributed by atoms with E-state index in [0.29, 0.717) is 24.4 Å². The number of esters is 1. The third-order valence-electron chi connectivity index (χ3n) is 4.65. The monoisotopic (exact) mass is 389 g/mol. The van der Waals surface area contributed by atoms with Crippen LogP contribution >= 0.6 is 0 Å². The fourth-order valence-electron chi connectivity index (χ4n) is 3.14. The highest BCUT2D eigenvalue weighted by Gasteiger charge is 2.36. The minimum atomic E-state index is -0.531. The number of carbonyl (C=O) groups excluding carboxylic acids is 2. The molecule has 0 aliphatic carbocycles. The lowest BCUT2D eigenvalue weighted by Gasteiger charge is -2.14. The number of benzene rings is 2. The van der Waals surface area contributed by atoms with Gasteiger partial charge in [-0.1, -0.05) is 48.5 Å². The minimum absolute atomic E-state index is 0.243. The number of methoxy groups -OCH3 is 1. The highest BCUT2D eigenvalue weighted by molar-refractivity contribution is 6.16. The molecule has 0 N–H and O–H groups in total. The molecule has 0 bridgehead atoms. The maximum absolute atomic E-state index is 12.8. The van der Waals surface area contributed by atoms with Gasteiger partial charge in [-0.25, -0.2) is 4.79 Å². The minimum Gasteiger partial charge on any atom is -0.489 e. The molecule has 2 aromatic rings. The van der Waals surface area contributed by atoms with Crippen LogP contribution in [0.1, 0.15) is 18.1 Å². The number of nitrogens with zero attached hydrogens (tertiary/aromatic N) is 1. The first kappa shape index (κ1) is 20.1. The molecule has 1 aliphatic heterocycles. The largest absolute Gasteiger partial charge is 0.489 e. The first-order valence-electron chi connectivity index (χ1n) is 9.26. The fraction of sp³-hybridized carbons (Fsp3) is 0.167. The Labute approximate surface area is 170 Å². The van der Waals surface area contributed by atoms with Crippen LogP contribution in [-0.4, -0.2) is 30.4 Å². The fourth-order valence-corrected chi connectivity index (χ4v) is 3.14. The molecule has 5 heteroatoms. The third-order valence-corrected chi connectivity index (χ3v) is 4.65. The van der Waals surface area contributed by atoms with Crippen molar-refractivity contribution in [1.29, 1.82) is 0 Å². The molecule has 0 atom stereocenters. The second-order valence-electron chi connectivity index (χ2n) is 6.56. The summed E-state index contributed by atoms with van der Waals surface area (Å²) in [6, 6.07) is 17.3. The number of allylic oxidation sites excluding steroid dienone is 1. The normalized spacial score (nSPS) is 15.0. The van der Waals surface area contributed by atoms with Crippen molar-refractivity contribution in [2.24, 2.45) is 0 Å². The van der Waals surface area contributed by atoms with Crippen molar-refractivity contribution in [2.45, 2.75) is 13.5 Å². The molecule has 5 nitrogen and oxygen atoms in total. The highest BCUT2D eigenvalue weighted by Crippen LogP contribution is 2.31. The van der Waals surface area contributed by atoms with E-state index in [4.69, 9.17) is 9.47 Å². The van der Waals surface area contributed by atoms with Crippen LogP contribution in [0.15, 0.2) is 84.1 Å². The quantitative estimate of drug-likeness (QED) is 0.406. The van der Waals surface area contributed by atoms with Crippen LogP contribution in [0.5, 0.6) is 5.75 Å². The van der Waals surface area contributed by atoms with Gasteiger partial charge in [0.15, 0.2) is 0 Å². The van der Waals surface area contributed by atoms with E-state index < -0.39 is 5.97 Å². The molecule has 1 amide bonds. The first-order chi connectivity index (χ1) is 14.0. The van der Waals surface area contributed by atoms with Gasteiger partial charge < -0.3 is 14.4 Å². The second-order valence-corrected chi connectivity index (χ2v) is 6.56. The van der Waals surface area contributed by atoms with E-state index in [0.717, 1.165) is 16.9 Å². The Morgan fingerprint density at radius 3 is 2.41 bits per heavy atom. The summed E-state index contributed by atoms with van der Waals surface area (Å²) >= 11 is 0. The summed E-state index contributed by atoms with van der Waals surface area (Å²) in [6.45, 7) is 6.21. The standard InChI is InChI=1S/C24H23NO4/c1-4-14-25-17(2)22(24(27)28-3)21(23(25)26)15-18-10-12-20(13-11-18)29-16-19-8-6-5-7-9-19/h4-13,15H,1,14,16H2,2-3H3/b21-15-. The van der Waals surface area contributed by atoms with Gasteiger partial charge in [-0.05, 0) is 36.3 Å². The van der Waals surface area contributed by atoms with E-state index in [2.05, 4.69) is 6.58 Å². The van der Waals surface area contributed by atoms with E-state index in [1.807, 2.05) is 54.6 Å². The molecule has 0 aromatic heterocycles. The van der Waals surface area contributed by atoms with Crippen molar-refractivity contribution < 1.29 is 19.1 Å². The van der Waals surface area contributed by atoms with Crippen LogP contribution in [0.4, 0.5) is 0 Å². The summed E-state index contributed by atoms with van der Waals surface area (Å²) < 4.78 is 10.7. The molecule has 148 valence electrons. The molecule has 1 heterocycles. The summed E-state index contributed by atoms with van der Waals surface area (Å²) in [4.78, 5) is 26.6. The van der Waals surface area contributed by atoms with Crippen molar-refractivity contribution in [3.8, 4) is 5.75 Å². The van der Waals surface area contributed by atoms with Crippen molar-refractivity contribution in [3.63, 3.8) is 0 Å². The number of ether oxygens (including phenoxy) is 2. The smallest absolute Gasteiger partial charge is 0.340 e. The van der Waals surface area contributed by atoms with E-state index in [1.165, 1.54) is 12.0 Å². The van der Waals surface area contributed by atoms with Gasteiger partial charge in [-0.2, -0.15) is 0 Å². The van der Waals surface area contributed by atoms with E-state index in [-0.39, 0.29) is 11.5 Å². The second kappa shape index (κ2) is 9.06. The van der Waals surface area contributed by atoms with Gasteiger partial charge in [0.05, 0.1) is 18.3 Å². The van der Waals surface area contributed by atoms with Crippen molar-refractivity contribution in [2.75, 3.05) is 13.7 Å². The molecule has 2 aromatic carbocycles. The van der Waals surface area contributed by atoms with E-state index >= 15 is 0 Å². The van der Waals surface area contributed by atoms with Crippen molar-refractivity contribution in [1.82, 2.24) is 4.90 Å². The highest BCUT2D eigenvalue weighted by atomic mass is 16.5. The molecule has 0 unspecified atom stereocenters. The maximum Gasteiger partial charge on any atom is 0.340 e. The van der Waals surface area contributed by atoms with Crippen LogP contribution < -0.4 is 4.74 Å². The Balaban J connectivity index is 1.81. The Hall–Kier alpha value is -3.60. The van der Waals surface area contributed by atoms with Gasteiger partial charge in [0.1, 0.15) is 12.4 Å². The topological polar surface area (TPSA) is 55.8 Å². The molecule has 3 rings (SSSR count). The lowest BCUT2D eigenvalue weighted by molar-refractivity contribution is -0.136. The lowest BCUT2D eigenvalue weighted by Crippen LogP contribution is -2.24. The maximum atomic E-state index is 12.8. The summed E-state index contributed by atoms with van der Waals surface area (Å²) in [5.74, 6) is -0.0503. The summed E-state index contributed by atoms with van der Waals surface area (Å²) in [7, 11) is 1.31. The Kier molecular flexibility index (Phi) is 6.29. The number of amides is 1.